The first-order valence-electron chi connectivity index (χ1n) is 7.49. The van der Waals surface area contributed by atoms with Crippen LogP contribution in [0, 0.1) is 0 Å². The van der Waals surface area contributed by atoms with Crippen molar-refractivity contribution in [3.63, 3.8) is 0 Å². The maximum Gasteiger partial charge on any atom is 0.191 e. The Morgan fingerprint density at radius 2 is 2.09 bits per heavy atom. The van der Waals surface area contributed by atoms with Gasteiger partial charge in [0.25, 0.3) is 0 Å². The summed E-state index contributed by atoms with van der Waals surface area (Å²) in [7, 11) is 5.96. The second-order valence-corrected chi connectivity index (χ2v) is 6.85. The molecular formula is C17H23ClN4S. The molecule has 1 unspecified atom stereocenters. The third-order valence-corrected chi connectivity index (χ3v) is 4.74. The van der Waals surface area contributed by atoms with Gasteiger partial charge in [0, 0.05) is 30.0 Å². The van der Waals surface area contributed by atoms with E-state index in [0.717, 1.165) is 23.1 Å². The minimum Gasteiger partial charge on any atom is -0.354 e. The number of halogens is 1. The highest BCUT2D eigenvalue weighted by Gasteiger charge is 2.15. The van der Waals surface area contributed by atoms with E-state index in [2.05, 4.69) is 52.1 Å². The van der Waals surface area contributed by atoms with Gasteiger partial charge in [0.05, 0.1) is 6.04 Å². The van der Waals surface area contributed by atoms with Crippen molar-refractivity contribution in [2.75, 3.05) is 27.7 Å². The zero-order valence-corrected chi connectivity index (χ0v) is 15.3. The van der Waals surface area contributed by atoms with Crippen LogP contribution in [0.1, 0.15) is 16.5 Å². The summed E-state index contributed by atoms with van der Waals surface area (Å²) >= 11 is 7.78. The number of aliphatic imine (C=N–C) groups is 1. The van der Waals surface area contributed by atoms with Crippen LogP contribution in [-0.4, -0.2) is 38.5 Å². The molecule has 0 spiro atoms. The lowest BCUT2D eigenvalue weighted by Crippen LogP contribution is -2.41. The van der Waals surface area contributed by atoms with E-state index in [4.69, 9.17) is 11.6 Å². The van der Waals surface area contributed by atoms with E-state index < -0.39 is 0 Å². The number of nitrogens with one attached hydrogen (secondary N) is 2. The van der Waals surface area contributed by atoms with Crippen LogP contribution in [0.3, 0.4) is 0 Å². The van der Waals surface area contributed by atoms with Crippen LogP contribution in [0.4, 0.5) is 0 Å². The third kappa shape index (κ3) is 5.53. The second-order valence-electron chi connectivity index (χ2n) is 5.43. The Kier molecular flexibility index (Phi) is 6.89. The Morgan fingerprint density at radius 1 is 1.26 bits per heavy atom. The quantitative estimate of drug-likeness (QED) is 0.620. The van der Waals surface area contributed by atoms with E-state index in [-0.39, 0.29) is 0 Å². The van der Waals surface area contributed by atoms with Gasteiger partial charge in [-0.3, -0.25) is 4.99 Å². The summed E-state index contributed by atoms with van der Waals surface area (Å²) in [5.41, 5.74) is 1.13. The van der Waals surface area contributed by atoms with Gasteiger partial charge in [-0.05, 0) is 43.2 Å². The summed E-state index contributed by atoms with van der Waals surface area (Å²) < 4.78 is 0. The molecule has 1 aromatic carbocycles. The molecule has 2 N–H and O–H groups in total. The molecule has 0 amide bonds. The van der Waals surface area contributed by atoms with Gasteiger partial charge in [0.15, 0.2) is 5.96 Å². The highest BCUT2D eigenvalue weighted by atomic mass is 35.5. The molecule has 23 heavy (non-hydrogen) atoms. The Labute approximate surface area is 147 Å². The normalized spacial score (nSPS) is 13.2. The van der Waals surface area contributed by atoms with Crippen molar-refractivity contribution in [3.05, 3.63) is 57.2 Å². The van der Waals surface area contributed by atoms with Crippen molar-refractivity contribution in [2.24, 2.45) is 4.99 Å². The lowest BCUT2D eigenvalue weighted by atomic mass is 10.2. The number of hydrogen-bond donors (Lipinski definition) is 2. The molecule has 1 aromatic heterocycles. The van der Waals surface area contributed by atoms with Crippen LogP contribution in [0.25, 0.3) is 0 Å². The van der Waals surface area contributed by atoms with Crippen LogP contribution in [0.5, 0.6) is 0 Å². The highest BCUT2D eigenvalue weighted by Crippen LogP contribution is 2.22. The number of thiophene rings is 1. The second kappa shape index (κ2) is 8.91. The van der Waals surface area contributed by atoms with Gasteiger partial charge >= 0.3 is 0 Å². The molecule has 1 heterocycles. The summed E-state index contributed by atoms with van der Waals surface area (Å²) in [5.74, 6) is 0.786. The fourth-order valence-corrected chi connectivity index (χ4v) is 3.40. The highest BCUT2D eigenvalue weighted by molar-refractivity contribution is 7.10. The van der Waals surface area contributed by atoms with Crippen molar-refractivity contribution in [1.29, 1.82) is 0 Å². The van der Waals surface area contributed by atoms with Gasteiger partial charge in [-0.25, -0.2) is 0 Å². The molecule has 0 radical (unpaired) electrons. The topological polar surface area (TPSA) is 39.7 Å². The summed E-state index contributed by atoms with van der Waals surface area (Å²) in [4.78, 5) is 7.84. The van der Waals surface area contributed by atoms with Gasteiger partial charge in [-0.1, -0.05) is 29.8 Å². The first-order valence-corrected chi connectivity index (χ1v) is 8.74. The summed E-state index contributed by atoms with van der Waals surface area (Å²) in [6.45, 7) is 1.48. The lowest BCUT2D eigenvalue weighted by molar-refractivity contribution is 0.302. The smallest absolute Gasteiger partial charge is 0.191 e. The first kappa shape index (κ1) is 17.8. The van der Waals surface area contributed by atoms with Gasteiger partial charge < -0.3 is 15.5 Å². The van der Waals surface area contributed by atoms with E-state index in [1.807, 2.05) is 24.3 Å². The van der Waals surface area contributed by atoms with E-state index in [9.17, 15) is 0 Å². The molecule has 0 aliphatic carbocycles. The molecule has 0 saturated heterocycles. The van der Waals surface area contributed by atoms with E-state index in [1.165, 1.54) is 4.88 Å². The number of benzene rings is 1. The van der Waals surface area contributed by atoms with Crippen LogP contribution in [-0.2, 0) is 6.54 Å². The predicted octanol–water partition coefficient (Wildman–Crippen LogP) is 3.37. The monoisotopic (exact) mass is 350 g/mol. The minimum atomic E-state index is 0.319. The third-order valence-electron chi connectivity index (χ3n) is 3.53. The predicted molar refractivity (Wildman–Crippen MR) is 100 cm³/mol. The average Bonchev–Trinajstić information content (AvgIpc) is 3.04. The molecule has 2 rings (SSSR count). The van der Waals surface area contributed by atoms with Crippen molar-refractivity contribution in [3.8, 4) is 0 Å². The Morgan fingerprint density at radius 3 is 2.70 bits per heavy atom. The summed E-state index contributed by atoms with van der Waals surface area (Å²) in [6, 6.07) is 12.4. The van der Waals surface area contributed by atoms with Crippen LogP contribution in [0.15, 0.2) is 46.8 Å². The zero-order valence-electron chi connectivity index (χ0n) is 13.7. The molecule has 124 valence electrons. The molecule has 0 aliphatic rings. The van der Waals surface area contributed by atoms with Gasteiger partial charge in [0.2, 0.25) is 0 Å². The van der Waals surface area contributed by atoms with Gasteiger partial charge in [-0.2, -0.15) is 0 Å². The lowest BCUT2D eigenvalue weighted by Gasteiger charge is -2.24. The molecule has 0 fully saturated rings. The number of hydrogen-bond acceptors (Lipinski definition) is 3. The zero-order chi connectivity index (χ0) is 16.7. The van der Waals surface area contributed by atoms with Crippen molar-refractivity contribution in [1.82, 2.24) is 15.5 Å². The SMILES string of the molecule is CN=C(NCc1cccc(Cl)c1)NCC(c1cccs1)N(C)C. The molecule has 4 nitrogen and oxygen atoms in total. The standard InChI is InChI=1S/C17H23ClN4S/c1-19-17(20-11-13-6-4-7-14(18)10-13)21-12-15(22(2)3)16-8-5-9-23-16/h4-10,15H,11-12H2,1-3H3,(H2,19,20,21). The molecule has 0 bridgehead atoms. The van der Waals surface area contributed by atoms with Gasteiger partial charge in [0.1, 0.15) is 0 Å². The molecular weight excluding hydrogens is 328 g/mol. The van der Waals surface area contributed by atoms with E-state index in [1.54, 1.807) is 18.4 Å². The number of rotatable bonds is 6. The van der Waals surface area contributed by atoms with Crippen molar-refractivity contribution < 1.29 is 0 Å². The Hall–Kier alpha value is -1.56. The Balaban J connectivity index is 1.89. The van der Waals surface area contributed by atoms with E-state index >= 15 is 0 Å². The number of guanidine groups is 1. The molecule has 0 saturated carbocycles. The fourth-order valence-electron chi connectivity index (χ4n) is 2.27. The van der Waals surface area contributed by atoms with Crippen LogP contribution in [0.2, 0.25) is 5.02 Å². The molecule has 6 heteroatoms. The van der Waals surface area contributed by atoms with Gasteiger partial charge in [-0.15, -0.1) is 11.3 Å². The summed E-state index contributed by atoms with van der Waals surface area (Å²) in [5, 5.41) is 9.57. The van der Waals surface area contributed by atoms with Crippen molar-refractivity contribution >= 4 is 28.9 Å². The first-order chi connectivity index (χ1) is 11.1. The largest absolute Gasteiger partial charge is 0.354 e. The molecule has 0 aliphatic heterocycles. The maximum absolute atomic E-state index is 6.01. The number of likely N-dealkylation sites (N-methyl/N-ethyl adjacent to an activating group) is 1. The number of nitrogens with zero attached hydrogens (tertiary/aromatic N) is 2. The molecule has 1 atom stereocenters. The fraction of sp³-hybridized carbons (Fsp3) is 0.353. The minimum absolute atomic E-state index is 0.319. The molecule has 2 aromatic rings. The average molecular weight is 351 g/mol. The maximum atomic E-state index is 6.01. The summed E-state index contributed by atoms with van der Waals surface area (Å²) in [6.07, 6.45) is 0. The van der Waals surface area contributed by atoms with E-state index in [0.29, 0.717) is 12.6 Å². The van der Waals surface area contributed by atoms with Crippen LogP contribution < -0.4 is 10.6 Å². The van der Waals surface area contributed by atoms with Crippen molar-refractivity contribution in [2.45, 2.75) is 12.6 Å². The Bertz CT molecular complexity index is 625. The van der Waals surface area contributed by atoms with Crippen LogP contribution >= 0.6 is 22.9 Å².